The van der Waals surface area contributed by atoms with E-state index >= 15 is 0 Å². The number of ether oxygens (including phenoxy) is 1. The van der Waals surface area contributed by atoms with Crippen molar-refractivity contribution in [2.24, 2.45) is 5.92 Å². The smallest absolute Gasteiger partial charge is 0.410 e. The maximum absolute atomic E-state index is 12.6. The van der Waals surface area contributed by atoms with Crippen LogP contribution in [-0.2, 0) is 9.53 Å². The van der Waals surface area contributed by atoms with Gasteiger partial charge in [-0.3, -0.25) is 9.69 Å². The highest BCUT2D eigenvalue weighted by Crippen LogP contribution is 2.27. The van der Waals surface area contributed by atoms with Crippen LogP contribution in [0, 0.1) is 5.92 Å². The van der Waals surface area contributed by atoms with Gasteiger partial charge in [0.1, 0.15) is 11.9 Å². The molecule has 4 aliphatic rings. The van der Waals surface area contributed by atoms with Gasteiger partial charge in [0.25, 0.3) is 0 Å². The Labute approximate surface area is 200 Å². The number of amides is 1. The summed E-state index contributed by atoms with van der Waals surface area (Å²) in [5, 5.41) is 9.18. The van der Waals surface area contributed by atoms with E-state index < -0.39 is 5.97 Å². The fourth-order valence-corrected chi connectivity index (χ4v) is 5.75. The molecule has 10 nitrogen and oxygen atoms in total. The van der Waals surface area contributed by atoms with Crippen LogP contribution in [0.25, 0.3) is 0 Å². The monoisotopic (exact) mass is 472 g/mol. The molecule has 4 saturated heterocycles. The Bertz CT molecular complexity index is 863. The van der Waals surface area contributed by atoms with E-state index in [1.54, 1.807) is 0 Å². The van der Waals surface area contributed by atoms with Gasteiger partial charge in [-0.2, -0.15) is 4.98 Å². The minimum atomic E-state index is -0.700. The number of carboxylic acids is 1. The molecule has 0 aromatic carbocycles. The zero-order chi connectivity index (χ0) is 23.5. The fourth-order valence-electron chi connectivity index (χ4n) is 5.75. The maximum Gasteiger partial charge on any atom is 0.410 e. The SMILES string of the molecule is O=C(O)C1CCN(CC2CN(C3CCN(c4ccnc(N5CCCCC5)n4)CC3)C(=O)O2)CC1. The second-order valence-electron chi connectivity index (χ2n) is 10.1. The Balaban J connectivity index is 1.11. The van der Waals surface area contributed by atoms with Crippen LogP contribution in [0.1, 0.15) is 44.9 Å². The summed E-state index contributed by atoms with van der Waals surface area (Å²) < 4.78 is 5.69. The van der Waals surface area contributed by atoms with Crippen LogP contribution in [0.15, 0.2) is 12.3 Å². The summed E-state index contributed by atoms with van der Waals surface area (Å²) in [6.07, 6.45) is 8.33. The van der Waals surface area contributed by atoms with Crippen molar-refractivity contribution in [2.75, 3.05) is 62.2 Å². The molecule has 34 heavy (non-hydrogen) atoms. The van der Waals surface area contributed by atoms with E-state index in [1.807, 2.05) is 17.2 Å². The average Bonchev–Trinajstić information content (AvgIpc) is 3.25. The third-order valence-electron chi connectivity index (χ3n) is 7.80. The number of likely N-dealkylation sites (tertiary alicyclic amines) is 1. The Morgan fingerprint density at radius 3 is 2.44 bits per heavy atom. The number of hydrogen-bond donors (Lipinski definition) is 1. The minimum Gasteiger partial charge on any atom is -0.481 e. The van der Waals surface area contributed by atoms with E-state index in [1.165, 1.54) is 19.3 Å². The van der Waals surface area contributed by atoms with Gasteiger partial charge in [-0.1, -0.05) is 0 Å². The topological polar surface area (TPSA) is 102 Å². The van der Waals surface area contributed by atoms with Gasteiger partial charge in [-0.15, -0.1) is 0 Å². The van der Waals surface area contributed by atoms with E-state index in [9.17, 15) is 14.7 Å². The van der Waals surface area contributed by atoms with Crippen LogP contribution in [0.5, 0.6) is 0 Å². The predicted octanol–water partition coefficient (Wildman–Crippen LogP) is 2.05. The number of aliphatic carboxylic acids is 1. The van der Waals surface area contributed by atoms with Crippen molar-refractivity contribution in [3.05, 3.63) is 12.3 Å². The number of rotatable bonds is 6. The molecule has 4 aliphatic heterocycles. The van der Waals surface area contributed by atoms with Crippen molar-refractivity contribution < 1.29 is 19.4 Å². The number of piperidine rings is 3. The quantitative estimate of drug-likeness (QED) is 0.666. The normalized spacial score (nSPS) is 25.6. The second-order valence-corrected chi connectivity index (χ2v) is 10.1. The lowest BCUT2D eigenvalue weighted by molar-refractivity contribution is -0.143. The Kier molecular flexibility index (Phi) is 7.03. The molecular weight excluding hydrogens is 436 g/mol. The summed E-state index contributed by atoms with van der Waals surface area (Å²) in [5.41, 5.74) is 0. The van der Waals surface area contributed by atoms with E-state index in [0.717, 1.165) is 63.9 Å². The lowest BCUT2D eigenvalue weighted by Crippen LogP contribution is -2.46. The summed E-state index contributed by atoms with van der Waals surface area (Å²) in [6.45, 7) is 6.59. The average molecular weight is 473 g/mol. The van der Waals surface area contributed by atoms with Gasteiger partial charge in [0.05, 0.1) is 12.5 Å². The first-order chi connectivity index (χ1) is 16.6. The molecule has 0 radical (unpaired) electrons. The highest BCUT2D eigenvalue weighted by atomic mass is 16.6. The zero-order valence-corrected chi connectivity index (χ0v) is 19.8. The molecule has 0 spiro atoms. The molecule has 4 fully saturated rings. The van der Waals surface area contributed by atoms with Crippen LogP contribution in [0.3, 0.4) is 0 Å². The first-order valence-electron chi connectivity index (χ1n) is 12.8. The highest BCUT2D eigenvalue weighted by molar-refractivity contribution is 5.70. The molecule has 1 atom stereocenters. The second kappa shape index (κ2) is 10.3. The van der Waals surface area contributed by atoms with Gasteiger partial charge in [0, 0.05) is 45.0 Å². The van der Waals surface area contributed by atoms with Crippen LogP contribution < -0.4 is 9.80 Å². The van der Waals surface area contributed by atoms with Crippen molar-refractivity contribution in [3.63, 3.8) is 0 Å². The van der Waals surface area contributed by atoms with Crippen molar-refractivity contribution in [1.29, 1.82) is 0 Å². The van der Waals surface area contributed by atoms with E-state index in [4.69, 9.17) is 9.72 Å². The van der Waals surface area contributed by atoms with Crippen molar-refractivity contribution in [2.45, 2.75) is 57.1 Å². The number of aromatic nitrogens is 2. The van der Waals surface area contributed by atoms with Crippen LogP contribution in [-0.4, -0.2) is 101 Å². The molecule has 0 bridgehead atoms. The number of carbonyl (C=O) groups is 2. The third kappa shape index (κ3) is 5.21. The molecule has 1 unspecified atom stereocenters. The van der Waals surface area contributed by atoms with Gasteiger partial charge < -0.3 is 24.5 Å². The van der Waals surface area contributed by atoms with Crippen LogP contribution in [0.2, 0.25) is 0 Å². The Morgan fingerprint density at radius 2 is 1.74 bits per heavy atom. The highest BCUT2D eigenvalue weighted by Gasteiger charge is 2.39. The number of anilines is 2. The molecule has 10 heteroatoms. The lowest BCUT2D eigenvalue weighted by atomic mass is 9.97. The number of cyclic esters (lactones) is 1. The van der Waals surface area contributed by atoms with E-state index in [-0.39, 0.29) is 24.2 Å². The number of carbonyl (C=O) groups excluding carboxylic acids is 1. The largest absolute Gasteiger partial charge is 0.481 e. The van der Waals surface area contributed by atoms with Gasteiger partial charge in [0.15, 0.2) is 0 Å². The molecular formula is C24H36N6O4. The molecule has 5 rings (SSSR count). The summed E-state index contributed by atoms with van der Waals surface area (Å²) in [7, 11) is 0. The molecule has 186 valence electrons. The first kappa shape index (κ1) is 23.1. The van der Waals surface area contributed by atoms with Gasteiger partial charge in [-0.05, 0) is 64.1 Å². The van der Waals surface area contributed by atoms with Crippen molar-refractivity contribution in [3.8, 4) is 0 Å². The van der Waals surface area contributed by atoms with Crippen LogP contribution in [0.4, 0.5) is 16.6 Å². The number of nitrogens with zero attached hydrogens (tertiary/aromatic N) is 6. The summed E-state index contributed by atoms with van der Waals surface area (Å²) in [4.78, 5) is 41.8. The number of carboxylic acid groups (broad SMARTS) is 1. The molecule has 0 saturated carbocycles. The predicted molar refractivity (Wildman–Crippen MR) is 127 cm³/mol. The zero-order valence-electron chi connectivity index (χ0n) is 19.8. The first-order valence-corrected chi connectivity index (χ1v) is 12.8. The Hall–Kier alpha value is -2.62. The van der Waals surface area contributed by atoms with Gasteiger partial charge in [-0.25, -0.2) is 9.78 Å². The maximum atomic E-state index is 12.6. The molecule has 1 amide bonds. The van der Waals surface area contributed by atoms with Crippen LogP contribution >= 0.6 is 0 Å². The van der Waals surface area contributed by atoms with Gasteiger partial charge in [0.2, 0.25) is 5.95 Å². The van der Waals surface area contributed by atoms with Crippen molar-refractivity contribution >= 4 is 23.8 Å². The standard InChI is InChI=1S/C24H36N6O4/c31-22(32)18-5-12-27(13-6-18)16-20-17-30(24(33)34-20)19-7-14-28(15-8-19)21-4-9-25-23(26-21)29-10-2-1-3-11-29/h4,9,18-20H,1-3,5-8,10-17H2,(H,31,32). The molecule has 1 N–H and O–H groups in total. The van der Waals surface area contributed by atoms with Gasteiger partial charge >= 0.3 is 12.1 Å². The third-order valence-corrected chi connectivity index (χ3v) is 7.80. The number of hydrogen-bond acceptors (Lipinski definition) is 8. The summed E-state index contributed by atoms with van der Waals surface area (Å²) >= 11 is 0. The fraction of sp³-hybridized carbons (Fsp3) is 0.750. The van der Waals surface area contributed by atoms with Crippen molar-refractivity contribution in [1.82, 2.24) is 19.8 Å². The molecule has 0 aliphatic carbocycles. The van der Waals surface area contributed by atoms with E-state index in [0.29, 0.717) is 25.9 Å². The molecule has 1 aromatic heterocycles. The van der Waals surface area contributed by atoms with E-state index in [2.05, 4.69) is 19.7 Å². The minimum absolute atomic E-state index is 0.138. The summed E-state index contributed by atoms with van der Waals surface area (Å²) in [5.74, 6) is 0.863. The molecule has 5 heterocycles. The molecule has 1 aromatic rings. The Morgan fingerprint density at radius 1 is 1.00 bits per heavy atom. The summed E-state index contributed by atoms with van der Waals surface area (Å²) in [6, 6.07) is 2.18. The lowest BCUT2D eigenvalue weighted by Gasteiger charge is -2.36.